The second-order valence-electron chi connectivity index (χ2n) is 2.49. The number of hydrogen-bond acceptors (Lipinski definition) is 4. The lowest BCUT2D eigenvalue weighted by Gasteiger charge is -1.91. The lowest BCUT2D eigenvalue weighted by molar-refractivity contribution is 0.617. The summed E-state index contributed by atoms with van der Waals surface area (Å²) in [5.41, 5.74) is 6.85. The zero-order valence-electron chi connectivity index (χ0n) is 6.72. The maximum Gasteiger partial charge on any atom is 0.297 e. The monoisotopic (exact) mass is 166 g/mol. The van der Waals surface area contributed by atoms with Crippen LogP contribution in [0.4, 0.5) is 11.8 Å². The van der Waals surface area contributed by atoms with Crippen molar-refractivity contribution in [1.29, 1.82) is 0 Å². The Hall–Kier alpha value is -1.65. The van der Waals surface area contributed by atoms with Crippen LogP contribution in [0.2, 0.25) is 0 Å². The highest BCUT2D eigenvalue weighted by atomic mass is 16.4. The predicted molar refractivity (Wildman–Crippen MR) is 46.9 cm³/mol. The standard InChI is InChI=1S/C7H10N4O/c1-2-9-7-11-6-4(12-7)3-5(8)10-6/h3,10H,2,8H2,1H3,(H,9,11). The summed E-state index contributed by atoms with van der Waals surface area (Å²) in [5, 5.41) is 2.96. The fourth-order valence-corrected chi connectivity index (χ4v) is 1.06. The normalized spacial score (nSPS) is 10.8. The summed E-state index contributed by atoms with van der Waals surface area (Å²) in [6.45, 7) is 2.77. The molecule has 5 nitrogen and oxygen atoms in total. The van der Waals surface area contributed by atoms with Crippen LogP contribution in [0.25, 0.3) is 11.2 Å². The first-order valence-electron chi connectivity index (χ1n) is 3.78. The molecule has 0 amide bonds. The van der Waals surface area contributed by atoms with E-state index in [9.17, 15) is 0 Å². The van der Waals surface area contributed by atoms with Gasteiger partial charge in [0.2, 0.25) is 0 Å². The summed E-state index contributed by atoms with van der Waals surface area (Å²) in [6.07, 6.45) is 0. The molecule has 2 aromatic heterocycles. The molecule has 0 fully saturated rings. The molecule has 0 spiro atoms. The average molecular weight is 166 g/mol. The first kappa shape index (κ1) is 7.02. The van der Waals surface area contributed by atoms with E-state index in [4.69, 9.17) is 10.2 Å². The molecule has 0 saturated carbocycles. The Balaban J connectivity index is 2.43. The zero-order chi connectivity index (χ0) is 8.55. The molecule has 2 aromatic rings. The number of nitrogens with one attached hydrogen (secondary N) is 2. The topological polar surface area (TPSA) is 79.9 Å². The minimum absolute atomic E-state index is 0.527. The van der Waals surface area contributed by atoms with Gasteiger partial charge < -0.3 is 20.5 Å². The van der Waals surface area contributed by atoms with Gasteiger partial charge in [0, 0.05) is 12.6 Å². The van der Waals surface area contributed by atoms with Crippen molar-refractivity contribution in [3.05, 3.63) is 6.07 Å². The number of rotatable bonds is 2. The van der Waals surface area contributed by atoms with E-state index in [2.05, 4.69) is 15.3 Å². The van der Waals surface area contributed by atoms with Crippen LogP contribution < -0.4 is 11.1 Å². The van der Waals surface area contributed by atoms with E-state index in [1.165, 1.54) is 0 Å². The Morgan fingerprint density at radius 3 is 3.25 bits per heavy atom. The number of H-pyrrole nitrogens is 1. The second kappa shape index (κ2) is 2.44. The van der Waals surface area contributed by atoms with Gasteiger partial charge in [-0.15, -0.1) is 0 Å². The number of hydrogen-bond donors (Lipinski definition) is 3. The highest BCUT2D eigenvalue weighted by Gasteiger charge is 2.06. The first-order chi connectivity index (χ1) is 5.79. The van der Waals surface area contributed by atoms with Crippen molar-refractivity contribution in [2.24, 2.45) is 0 Å². The van der Waals surface area contributed by atoms with E-state index in [1.54, 1.807) is 6.07 Å². The van der Waals surface area contributed by atoms with Crippen LogP contribution in [-0.2, 0) is 0 Å². The van der Waals surface area contributed by atoms with Crippen molar-refractivity contribution in [3.8, 4) is 0 Å². The molecular formula is C7H10N4O. The molecular weight excluding hydrogens is 156 g/mol. The van der Waals surface area contributed by atoms with Crippen LogP contribution in [0.5, 0.6) is 0 Å². The summed E-state index contributed by atoms with van der Waals surface area (Å²) in [4.78, 5) is 6.98. The average Bonchev–Trinajstić information content (AvgIpc) is 2.44. The summed E-state index contributed by atoms with van der Waals surface area (Å²) < 4.78 is 5.30. The zero-order valence-corrected chi connectivity index (χ0v) is 6.72. The molecule has 64 valence electrons. The van der Waals surface area contributed by atoms with Crippen molar-refractivity contribution in [2.45, 2.75) is 6.92 Å². The number of nitrogen functional groups attached to an aromatic ring is 1. The number of fused-ring (bicyclic) bond motifs is 1. The maximum absolute atomic E-state index is 5.48. The Kier molecular flexibility index (Phi) is 1.43. The highest BCUT2D eigenvalue weighted by Crippen LogP contribution is 2.19. The molecule has 5 heteroatoms. The lowest BCUT2D eigenvalue weighted by atomic mass is 10.6. The second-order valence-corrected chi connectivity index (χ2v) is 2.49. The van der Waals surface area contributed by atoms with Crippen molar-refractivity contribution in [3.63, 3.8) is 0 Å². The van der Waals surface area contributed by atoms with E-state index in [0.717, 1.165) is 6.54 Å². The van der Waals surface area contributed by atoms with Crippen LogP contribution in [0.15, 0.2) is 10.5 Å². The maximum atomic E-state index is 5.48. The number of aromatic amines is 1. The molecule has 0 aromatic carbocycles. The third-order valence-electron chi connectivity index (χ3n) is 1.53. The molecule has 2 heterocycles. The minimum atomic E-state index is 0.527. The van der Waals surface area contributed by atoms with Gasteiger partial charge in [-0.25, -0.2) is 0 Å². The Bertz CT molecular complexity index is 357. The SMILES string of the molecule is CCNc1nc2[nH]c(N)cc2o1. The molecule has 0 saturated heterocycles. The Morgan fingerprint density at radius 2 is 2.58 bits per heavy atom. The van der Waals surface area contributed by atoms with Gasteiger partial charge in [-0.1, -0.05) is 0 Å². The van der Waals surface area contributed by atoms with Gasteiger partial charge >= 0.3 is 0 Å². The molecule has 2 rings (SSSR count). The van der Waals surface area contributed by atoms with Crippen LogP contribution >= 0.6 is 0 Å². The number of anilines is 2. The highest BCUT2D eigenvalue weighted by molar-refractivity contribution is 5.75. The molecule has 0 radical (unpaired) electrons. The number of nitrogens with two attached hydrogens (primary N) is 1. The third kappa shape index (κ3) is 0.990. The van der Waals surface area contributed by atoms with Gasteiger partial charge in [0.15, 0.2) is 11.2 Å². The number of aromatic nitrogens is 2. The quantitative estimate of drug-likeness (QED) is 0.625. The molecule has 0 aliphatic carbocycles. The first-order valence-corrected chi connectivity index (χ1v) is 3.78. The van der Waals surface area contributed by atoms with Crippen LogP contribution in [0.1, 0.15) is 6.92 Å². The van der Waals surface area contributed by atoms with Gasteiger partial charge in [-0.2, -0.15) is 4.98 Å². The molecule has 0 unspecified atom stereocenters. The molecule has 4 N–H and O–H groups in total. The van der Waals surface area contributed by atoms with E-state index in [-0.39, 0.29) is 0 Å². The fraction of sp³-hybridized carbons (Fsp3) is 0.286. The lowest BCUT2D eigenvalue weighted by Crippen LogP contribution is -1.95. The van der Waals surface area contributed by atoms with Crippen LogP contribution in [-0.4, -0.2) is 16.5 Å². The summed E-state index contributed by atoms with van der Waals surface area (Å²) in [5.74, 6) is 0.569. The van der Waals surface area contributed by atoms with Gasteiger partial charge in [-0.05, 0) is 6.92 Å². The molecule has 12 heavy (non-hydrogen) atoms. The van der Waals surface area contributed by atoms with Crippen LogP contribution in [0, 0.1) is 0 Å². The Labute approximate surface area is 69.0 Å². The van der Waals surface area contributed by atoms with E-state index in [1.807, 2.05) is 6.92 Å². The van der Waals surface area contributed by atoms with Crippen molar-refractivity contribution in [1.82, 2.24) is 9.97 Å². The van der Waals surface area contributed by atoms with E-state index in [0.29, 0.717) is 23.1 Å². The molecule has 0 atom stereocenters. The third-order valence-corrected chi connectivity index (χ3v) is 1.53. The van der Waals surface area contributed by atoms with E-state index >= 15 is 0 Å². The van der Waals surface area contributed by atoms with Gasteiger partial charge in [0.25, 0.3) is 6.01 Å². The van der Waals surface area contributed by atoms with Crippen LogP contribution in [0.3, 0.4) is 0 Å². The van der Waals surface area contributed by atoms with Crippen molar-refractivity contribution >= 4 is 23.1 Å². The van der Waals surface area contributed by atoms with Crippen molar-refractivity contribution < 1.29 is 4.42 Å². The van der Waals surface area contributed by atoms with Gasteiger partial charge in [0.05, 0.1) is 0 Å². The smallest absolute Gasteiger partial charge is 0.297 e. The summed E-state index contributed by atoms with van der Waals surface area (Å²) in [6, 6.07) is 2.24. The van der Waals surface area contributed by atoms with Crippen molar-refractivity contribution in [2.75, 3.05) is 17.6 Å². The summed E-state index contributed by atoms with van der Waals surface area (Å²) in [7, 11) is 0. The van der Waals surface area contributed by atoms with Gasteiger partial charge in [0.1, 0.15) is 5.82 Å². The predicted octanol–water partition coefficient (Wildman–Crippen LogP) is 1.17. The number of oxazole rings is 1. The molecule has 0 aliphatic heterocycles. The summed E-state index contributed by atoms with van der Waals surface area (Å²) >= 11 is 0. The molecule has 0 aliphatic rings. The Morgan fingerprint density at radius 1 is 1.75 bits per heavy atom. The van der Waals surface area contributed by atoms with E-state index < -0.39 is 0 Å². The minimum Gasteiger partial charge on any atom is -0.422 e. The largest absolute Gasteiger partial charge is 0.422 e. The number of nitrogens with zero attached hydrogens (tertiary/aromatic N) is 1. The fourth-order valence-electron chi connectivity index (χ4n) is 1.06. The molecule has 0 bridgehead atoms. The van der Waals surface area contributed by atoms with Gasteiger partial charge in [-0.3, -0.25) is 0 Å².